The lowest BCUT2D eigenvalue weighted by molar-refractivity contribution is 0.867. The van der Waals surface area contributed by atoms with E-state index in [0.29, 0.717) is 11.7 Å². The highest BCUT2D eigenvalue weighted by Gasteiger charge is 2.13. The molecule has 22 heavy (non-hydrogen) atoms. The third-order valence-corrected chi connectivity index (χ3v) is 5.40. The summed E-state index contributed by atoms with van der Waals surface area (Å²) in [6.45, 7) is 6.35. The summed E-state index contributed by atoms with van der Waals surface area (Å²) in [6, 6.07) is 8.41. The Labute approximate surface area is 138 Å². The normalized spacial score (nSPS) is 11.1. The highest BCUT2D eigenvalue weighted by Crippen LogP contribution is 2.37. The summed E-state index contributed by atoms with van der Waals surface area (Å²) in [6.07, 6.45) is 0. The summed E-state index contributed by atoms with van der Waals surface area (Å²) < 4.78 is 0. The van der Waals surface area contributed by atoms with E-state index in [1.165, 1.54) is 16.9 Å². The van der Waals surface area contributed by atoms with Crippen LogP contribution in [0.4, 0.5) is 16.6 Å². The van der Waals surface area contributed by atoms with Crippen LogP contribution in [0.3, 0.4) is 0 Å². The summed E-state index contributed by atoms with van der Waals surface area (Å²) >= 11 is 3.13. The number of benzene rings is 1. The van der Waals surface area contributed by atoms with Gasteiger partial charge in [-0.2, -0.15) is 0 Å². The summed E-state index contributed by atoms with van der Waals surface area (Å²) in [4.78, 5) is 9.81. The molecule has 3 rings (SSSR count). The Morgan fingerprint density at radius 1 is 1.14 bits per heavy atom. The van der Waals surface area contributed by atoms with Crippen LogP contribution in [0.5, 0.6) is 0 Å². The number of nitrogens with zero attached hydrogens (tertiary/aromatic N) is 2. The average molecular weight is 330 g/mol. The van der Waals surface area contributed by atoms with Crippen LogP contribution >= 0.6 is 22.7 Å². The molecule has 0 saturated heterocycles. The van der Waals surface area contributed by atoms with E-state index in [0.717, 1.165) is 26.4 Å². The summed E-state index contributed by atoms with van der Waals surface area (Å²) in [7, 11) is 0. The maximum absolute atomic E-state index is 6.03. The molecule has 0 unspecified atom stereocenters. The average Bonchev–Trinajstić information content (AvgIpc) is 3.05. The number of nitrogen functional groups attached to an aromatic ring is 1. The zero-order valence-corrected chi connectivity index (χ0v) is 14.4. The number of hydrogen-bond donors (Lipinski definition) is 2. The van der Waals surface area contributed by atoms with E-state index in [1.54, 1.807) is 11.3 Å². The SMILES string of the molecule is Cc1csc(-c2sc(Nc3ccc(C(C)C)cc3)nc2N)n1. The molecule has 2 aromatic heterocycles. The van der Waals surface area contributed by atoms with Gasteiger partial charge in [-0.15, -0.1) is 11.3 Å². The number of thiazole rings is 2. The molecule has 0 aliphatic carbocycles. The Hall–Kier alpha value is -1.92. The van der Waals surface area contributed by atoms with Crippen molar-refractivity contribution in [3.8, 4) is 9.88 Å². The van der Waals surface area contributed by atoms with Gasteiger partial charge < -0.3 is 11.1 Å². The monoisotopic (exact) mass is 330 g/mol. The Kier molecular flexibility index (Phi) is 4.13. The molecule has 0 atom stereocenters. The van der Waals surface area contributed by atoms with Crippen molar-refractivity contribution in [2.75, 3.05) is 11.1 Å². The van der Waals surface area contributed by atoms with Gasteiger partial charge in [0.25, 0.3) is 0 Å². The maximum Gasteiger partial charge on any atom is 0.189 e. The van der Waals surface area contributed by atoms with Crippen molar-refractivity contribution in [1.82, 2.24) is 9.97 Å². The number of hydrogen-bond acceptors (Lipinski definition) is 6. The van der Waals surface area contributed by atoms with Crippen molar-refractivity contribution in [3.05, 3.63) is 40.9 Å². The fourth-order valence-corrected chi connectivity index (χ4v) is 3.87. The standard InChI is InChI=1S/C16H18N4S2/c1-9(2)11-4-6-12(7-5-11)19-16-20-14(17)13(22-16)15-18-10(3)8-21-15/h4-9H,17H2,1-3H3,(H,19,20). The van der Waals surface area contributed by atoms with Gasteiger partial charge in [-0.1, -0.05) is 37.3 Å². The van der Waals surface area contributed by atoms with Crippen LogP contribution in [-0.4, -0.2) is 9.97 Å². The summed E-state index contributed by atoms with van der Waals surface area (Å²) in [5.41, 5.74) is 9.37. The highest BCUT2D eigenvalue weighted by molar-refractivity contribution is 7.23. The minimum Gasteiger partial charge on any atom is -0.382 e. The van der Waals surface area contributed by atoms with E-state index >= 15 is 0 Å². The smallest absolute Gasteiger partial charge is 0.189 e. The molecule has 0 amide bonds. The van der Waals surface area contributed by atoms with Gasteiger partial charge in [-0.25, -0.2) is 9.97 Å². The van der Waals surface area contributed by atoms with Gasteiger partial charge in [-0.05, 0) is 30.5 Å². The Bertz CT molecular complexity index is 772. The van der Waals surface area contributed by atoms with Crippen LogP contribution in [0.2, 0.25) is 0 Å². The molecule has 0 aliphatic rings. The predicted molar refractivity (Wildman–Crippen MR) is 96.2 cm³/mol. The van der Waals surface area contributed by atoms with E-state index in [2.05, 4.69) is 53.4 Å². The Morgan fingerprint density at radius 2 is 1.86 bits per heavy atom. The van der Waals surface area contributed by atoms with E-state index < -0.39 is 0 Å². The molecular formula is C16H18N4S2. The molecule has 0 bridgehead atoms. The van der Waals surface area contributed by atoms with Crippen LogP contribution < -0.4 is 11.1 Å². The quantitative estimate of drug-likeness (QED) is 0.704. The molecule has 114 valence electrons. The molecule has 0 radical (unpaired) electrons. The van der Waals surface area contributed by atoms with Gasteiger partial charge in [0.15, 0.2) is 5.13 Å². The second-order valence-corrected chi connectivity index (χ2v) is 7.29. The fraction of sp³-hybridized carbons (Fsp3) is 0.250. The number of nitrogens with two attached hydrogens (primary N) is 1. The second-order valence-electron chi connectivity index (χ2n) is 5.43. The third kappa shape index (κ3) is 3.13. The van der Waals surface area contributed by atoms with E-state index in [1.807, 2.05) is 12.3 Å². The zero-order valence-electron chi connectivity index (χ0n) is 12.8. The topological polar surface area (TPSA) is 63.8 Å². The molecule has 3 N–H and O–H groups in total. The van der Waals surface area contributed by atoms with Crippen LogP contribution in [0.1, 0.15) is 31.0 Å². The Balaban J connectivity index is 1.81. The highest BCUT2D eigenvalue weighted by atomic mass is 32.1. The molecule has 0 spiro atoms. The van der Waals surface area contributed by atoms with Crippen molar-refractivity contribution < 1.29 is 0 Å². The van der Waals surface area contributed by atoms with Crippen molar-refractivity contribution in [2.24, 2.45) is 0 Å². The molecule has 6 heteroatoms. The maximum atomic E-state index is 6.03. The van der Waals surface area contributed by atoms with Gasteiger partial charge >= 0.3 is 0 Å². The predicted octanol–water partition coefficient (Wildman–Crippen LogP) is 5.02. The van der Waals surface area contributed by atoms with Crippen LogP contribution in [0.15, 0.2) is 29.6 Å². The minimum atomic E-state index is 0.528. The molecule has 1 aromatic carbocycles. The fourth-order valence-electron chi connectivity index (χ4n) is 2.07. The van der Waals surface area contributed by atoms with Gasteiger partial charge in [0.1, 0.15) is 15.7 Å². The van der Waals surface area contributed by atoms with E-state index in [-0.39, 0.29) is 0 Å². The van der Waals surface area contributed by atoms with E-state index in [9.17, 15) is 0 Å². The first kappa shape index (κ1) is 15.0. The van der Waals surface area contributed by atoms with Crippen molar-refractivity contribution >= 4 is 39.3 Å². The van der Waals surface area contributed by atoms with Crippen LogP contribution in [0.25, 0.3) is 9.88 Å². The number of anilines is 3. The van der Waals surface area contributed by atoms with Gasteiger partial charge in [0, 0.05) is 16.8 Å². The Morgan fingerprint density at radius 3 is 2.45 bits per heavy atom. The molecule has 2 heterocycles. The zero-order chi connectivity index (χ0) is 15.7. The third-order valence-electron chi connectivity index (χ3n) is 3.30. The lowest BCUT2D eigenvalue weighted by Crippen LogP contribution is -1.92. The van der Waals surface area contributed by atoms with Crippen LogP contribution in [0, 0.1) is 6.92 Å². The van der Waals surface area contributed by atoms with Crippen molar-refractivity contribution in [1.29, 1.82) is 0 Å². The number of aromatic nitrogens is 2. The first-order valence-electron chi connectivity index (χ1n) is 7.08. The molecular weight excluding hydrogens is 312 g/mol. The van der Waals surface area contributed by atoms with Gasteiger partial charge in [-0.3, -0.25) is 0 Å². The van der Waals surface area contributed by atoms with E-state index in [4.69, 9.17) is 5.73 Å². The molecule has 4 nitrogen and oxygen atoms in total. The minimum absolute atomic E-state index is 0.528. The van der Waals surface area contributed by atoms with Crippen molar-refractivity contribution in [2.45, 2.75) is 26.7 Å². The largest absolute Gasteiger partial charge is 0.382 e. The van der Waals surface area contributed by atoms with Gasteiger partial charge in [0.05, 0.1) is 0 Å². The van der Waals surface area contributed by atoms with Gasteiger partial charge in [0.2, 0.25) is 0 Å². The molecule has 0 fully saturated rings. The lowest BCUT2D eigenvalue weighted by atomic mass is 10.0. The molecule has 3 aromatic rings. The number of aryl methyl sites for hydroxylation is 1. The first-order chi connectivity index (χ1) is 10.5. The number of rotatable bonds is 4. The molecule has 0 saturated carbocycles. The van der Waals surface area contributed by atoms with Crippen LogP contribution in [-0.2, 0) is 0 Å². The number of nitrogens with one attached hydrogen (secondary N) is 1. The first-order valence-corrected chi connectivity index (χ1v) is 8.78. The second kappa shape index (κ2) is 6.06. The summed E-state index contributed by atoms with van der Waals surface area (Å²) in [5.74, 6) is 1.06. The summed E-state index contributed by atoms with van der Waals surface area (Å²) in [5, 5.41) is 7.05. The molecule has 0 aliphatic heterocycles. The lowest BCUT2D eigenvalue weighted by Gasteiger charge is -2.07. The van der Waals surface area contributed by atoms with Crippen molar-refractivity contribution in [3.63, 3.8) is 0 Å².